The first-order valence-electron chi connectivity index (χ1n) is 6.89. The monoisotopic (exact) mass is 366 g/mol. The van der Waals surface area contributed by atoms with Crippen molar-refractivity contribution in [2.75, 3.05) is 5.33 Å². The smallest absolute Gasteiger partial charge is 0.241 e. The van der Waals surface area contributed by atoms with Crippen LogP contribution in [0.2, 0.25) is 37.8 Å². The standard InChI is InChI=1S/C14H31BrO2Si2/c1-12(16-18(5,6)7)10-13(11-15)17-19(8,9)14(2,3)4/h13H,1,10-11H2,2-9H3/t13-/m1/s1. The molecule has 0 aliphatic carbocycles. The van der Waals surface area contributed by atoms with Gasteiger partial charge in [0.15, 0.2) is 8.32 Å². The van der Waals surface area contributed by atoms with Gasteiger partial charge in [0.05, 0.1) is 11.9 Å². The number of rotatable bonds is 7. The van der Waals surface area contributed by atoms with Gasteiger partial charge in [0.1, 0.15) is 0 Å². The highest BCUT2D eigenvalue weighted by atomic mass is 79.9. The Kier molecular flexibility index (Phi) is 7.07. The van der Waals surface area contributed by atoms with Crippen molar-refractivity contribution in [1.82, 2.24) is 0 Å². The minimum absolute atomic E-state index is 0.157. The van der Waals surface area contributed by atoms with Gasteiger partial charge in [0.2, 0.25) is 8.32 Å². The van der Waals surface area contributed by atoms with Gasteiger partial charge in [-0.1, -0.05) is 43.3 Å². The lowest BCUT2D eigenvalue weighted by molar-refractivity contribution is 0.189. The third-order valence-corrected chi connectivity index (χ3v) is 9.50. The third kappa shape index (κ3) is 7.68. The summed E-state index contributed by atoms with van der Waals surface area (Å²) < 4.78 is 12.3. The van der Waals surface area contributed by atoms with Crippen LogP contribution in [-0.4, -0.2) is 28.1 Å². The maximum absolute atomic E-state index is 6.40. The van der Waals surface area contributed by atoms with Crippen LogP contribution in [0.25, 0.3) is 0 Å². The Bertz CT molecular complexity index is 304. The molecule has 2 nitrogen and oxygen atoms in total. The molecule has 0 aromatic heterocycles. The maximum Gasteiger partial charge on any atom is 0.241 e. The molecular formula is C14H31BrO2Si2. The minimum atomic E-state index is -1.73. The van der Waals surface area contributed by atoms with E-state index in [1.807, 2.05) is 0 Å². The molecule has 114 valence electrons. The summed E-state index contributed by atoms with van der Waals surface area (Å²) in [6.07, 6.45) is 0.937. The molecule has 0 rings (SSSR count). The topological polar surface area (TPSA) is 18.5 Å². The molecule has 0 aliphatic rings. The molecule has 0 heterocycles. The second-order valence-electron chi connectivity index (χ2n) is 7.61. The Morgan fingerprint density at radius 3 is 1.95 bits per heavy atom. The predicted molar refractivity (Wildman–Crippen MR) is 94.1 cm³/mol. The van der Waals surface area contributed by atoms with Gasteiger partial charge >= 0.3 is 0 Å². The Hall–Kier alpha value is 0.414. The summed E-state index contributed by atoms with van der Waals surface area (Å²) in [6.45, 7) is 21.9. The van der Waals surface area contributed by atoms with Crippen LogP contribution in [0.4, 0.5) is 0 Å². The molecule has 0 aliphatic heterocycles. The number of halogens is 1. The van der Waals surface area contributed by atoms with E-state index in [0.717, 1.165) is 17.5 Å². The van der Waals surface area contributed by atoms with Gasteiger partial charge in [-0.3, -0.25) is 0 Å². The van der Waals surface area contributed by atoms with E-state index < -0.39 is 16.6 Å². The van der Waals surface area contributed by atoms with Crippen LogP contribution >= 0.6 is 15.9 Å². The van der Waals surface area contributed by atoms with Crippen LogP contribution in [0, 0.1) is 0 Å². The maximum atomic E-state index is 6.40. The van der Waals surface area contributed by atoms with Gasteiger partial charge in [-0.05, 0) is 37.8 Å². The molecule has 0 amide bonds. The summed E-state index contributed by atoms with van der Waals surface area (Å²) in [5.41, 5.74) is 0. The van der Waals surface area contributed by atoms with Gasteiger partial charge in [-0.2, -0.15) is 0 Å². The molecule has 19 heavy (non-hydrogen) atoms. The van der Waals surface area contributed by atoms with E-state index in [1.54, 1.807) is 0 Å². The molecule has 0 unspecified atom stereocenters. The van der Waals surface area contributed by atoms with Crippen LogP contribution in [-0.2, 0) is 8.85 Å². The van der Waals surface area contributed by atoms with Crippen LogP contribution in [0.5, 0.6) is 0 Å². The lowest BCUT2D eigenvalue weighted by atomic mass is 10.2. The van der Waals surface area contributed by atoms with E-state index in [0.29, 0.717) is 0 Å². The van der Waals surface area contributed by atoms with Gasteiger partial charge in [-0.25, -0.2) is 0 Å². The van der Waals surface area contributed by atoms with E-state index in [9.17, 15) is 0 Å². The van der Waals surface area contributed by atoms with E-state index >= 15 is 0 Å². The highest BCUT2D eigenvalue weighted by molar-refractivity contribution is 9.09. The molecule has 0 N–H and O–H groups in total. The van der Waals surface area contributed by atoms with E-state index in [2.05, 4.69) is 76.0 Å². The lowest BCUT2D eigenvalue weighted by Gasteiger charge is -2.39. The summed E-state index contributed by atoms with van der Waals surface area (Å²) in [4.78, 5) is 0. The van der Waals surface area contributed by atoms with Crippen LogP contribution in [0.1, 0.15) is 27.2 Å². The highest BCUT2D eigenvalue weighted by Gasteiger charge is 2.39. The number of hydrogen-bond donors (Lipinski definition) is 0. The molecule has 0 bridgehead atoms. The fraction of sp³-hybridized carbons (Fsp3) is 0.857. The van der Waals surface area contributed by atoms with Crippen molar-refractivity contribution in [3.63, 3.8) is 0 Å². The fourth-order valence-corrected chi connectivity index (χ4v) is 4.36. The van der Waals surface area contributed by atoms with Crippen molar-refractivity contribution >= 4 is 32.6 Å². The molecule has 0 saturated heterocycles. The average molecular weight is 367 g/mol. The van der Waals surface area contributed by atoms with Crippen molar-refractivity contribution < 1.29 is 8.85 Å². The number of hydrogen-bond acceptors (Lipinski definition) is 2. The van der Waals surface area contributed by atoms with Crippen molar-refractivity contribution in [2.24, 2.45) is 0 Å². The molecule has 0 aromatic carbocycles. The predicted octanol–water partition coefficient (Wildman–Crippen LogP) is 5.53. The molecule has 0 aromatic rings. The van der Waals surface area contributed by atoms with E-state index in [4.69, 9.17) is 8.85 Å². The molecule has 0 saturated carbocycles. The van der Waals surface area contributed by atoms with Crippen molar-refractivity contribution in [3.05, 3.63) is 12.3 Å². The zero-order valence-electron chi connectivity index (χ0n) is 13.9. The number of alkyl halides is 1. The van der Waals surface area contributed by atoms with E-state index in [-0.39, 0.29) is 11.1 Å². The Morgan fingerprint density at radius 1 is 1.16 bits per heavy atom. The van der Waals surface area contributed by atoms with Gasteiger partial charge in [0.25, 0.3) is 0 Å². The fourth-order valence-electron chi connectivity index (χ4n) is 1.45. The highest BCUT2D eigenvalue weighted by Crippen LogP contribution is 2.38. The summed E-state index contributed by atoms with van der Waals surface area (Å²) >= 11 is 3.56. The van der Waals surface area contributed by atoms with Crippen LogP contribution in [0.3, 0.4) is 0 Å². The average Bonchev–Trinajstić information content (AvgIpc) is 2.11. The molecular weight excluding hydrogens is 336 g/mol. The SMILES string of the molecule is C=C(C[C@H](CBr)O[Si](C)(C)C(C)(C)C)O[Si](C)(C)C. The summed E-state index contributed by atoms with van der Waals surface area (Å²) in [6, 6.07) is 0. The van der Waals surface area contributed by atoms with Gasteiger partial charge < -0.3 is 8.85 Å². The molecule has 5 heteroatoms. The Labute approximate surface area is 130 Å². The van der Waals surface area contributed by atoms with Crippen LogP contribution in [0.15, 0.2) is 12.3 Å². The third-order valence-electron chi connectivity index (χ3n) is 3.35. The summed E-state index contributed by atoms with van der Waals surface area (Å²) in [5, 5.41) is 1.06. The molecule has 1 atom stereocenters. The first-order chi connectivity index (χ1) is 8.28. The first-order valence-corrected chi connectivity index (χ1v) is 14.3. The first kappa shape index (κ1) is 19.4. The van der Waals surface area contributed by atoms with Crippen molar-refractivity contribution in [3.8, 4) is 0 Å². The lowest BCUT2D eigenvalue weighted by Crippen LogP contribution is -2.44. The quantitative estimate of drug-likeness (QED) is 0.335. The second-order valence-corrected chi connectivity index (χ2v) is 17.4. The van der Waals surface area contributed by atoms with Gasteiger partial charge in [-0.15, -0.1) is 0 Å². The largest absolute Gasteiger partial charge is 0.548 e. The zero-order valence-corrected chi connectivity index (χ0v) is 17.5. The minimum Gasteiger partial charge on any atom is -0.548 e. The molecule has 0 radical (unpaired) electrons. The van der Waals surface area contributed by atoms with Gasteiger partial charge in [0, 0.05) is 11.8 Å². The second kappa shape index (κ2) is 6.92. The van der Waals surface area contributed by atoms with Crippen molar-refractivity contribution in [1.29, 1.82) is 0 Å². The normalized spacial score (nSPS) is 15.2. The van der Waals surface area contributed by atoms with E-state index in [1.165, 1.54) is 0 Å². The molecule has 0 spiro atoms. The zero-order chi connectivity index (χ0) is 15.5. The Morgan fingerprint density at radius 2 is 1.63 bits per heavy atom. The summed E-state index contributed by atoms with van der Waals surface area (Å²) in [7, 11) is -3.28. The van der Waals surface area contributed by atoms with Crippen LogP contribution < -0.4 is 0 Å². The summed E-state index contributed by atoms with van der Waals surface area (Å²) in [5.74, 6) is 0.863. The van der Waals surface area contributed by atoms with Crippen molar-refractivity contribution in [2.45, 2.75) is 71.1 Å². The molecule has 0 fully saturated rings. The Balaban J connectivity index is 4.58.